The number of hydrogen-bond acceptors (Lipinski definition) is 4. The molecule has 1 amide bonds. The van der Waals surface area contributed by atoms with Crippen LogP contribution in [0.2, 0.25) is 0 Å². The van der Waals surface area contributed by atoms with Gasteiger partial charge in [0.15, 0.2) is 0 Å². The quantitative estimate of drug-likeness (QED) is 0.888. The van der Waals surface area contributed by atoms with Crippen LogP contribution in [0.15, 0.2) is 29.2 Å². The number of hydrogen-bond donors (Lipinski definition) is 2. The maximum atomic E-state index is 12.4. The van der Waals surface area contributed by atoms with Crippen molar-refractivity contribution in [3.63, 3.8) is 0 Å². The van der Waals surface area contributed by atoms with Crippen LogP contribution >= 0.6 is 0 Å². The molecule has 1 aliphatic rings. The predicted molar refractivity (Wildman–Crippen MR) is 69.3 cm³/mol. The number of halogens is 3. The van der Waals surface area contributed by atoms with E-state index < -0.39 is 20.2 Å². The van der Waals surface area contributed by atoms with Crippen LogP contribution in [0.4, 0.5) is 18.9 Å². The number of piperidine rings is 1. The molecule has 0 radical (unpaired) electrons. The van der Waals surface area contributed by atoms with E-state index in [2.05, 4.69) is 10.6 Å². The van der Waals surface area contributed by atoms with Crippen molar-refractivity contribution in [2.24, 2.45) is 0 Å². The average Bonchev–Trinajstić information content (AvgIpc) is 2.41. The maximum Gasteiger partial charge on any atom is 0.501 e. The fourth-order valence-electron chi connectivity index (χ4n) is 1.96. The first kappa shape index (κ1) is 15.6. The van der Waals surface area contributed by atoms with Crippen LogP contribution in [-0.2, 0) is 14.6 Å². The van der Waals surface area contributed by atoms with Gasteiger partial charge in [-0.15, -0.1) is 0 Å². The van der Waals surface area contributed by atoms with Crippen LogP contribution in [0.3, 0.4) is 0 Å². The third-order valence-electron chi connectivity index (χ3n) is 3.11. The highest BCUT2D eigenvalue weighted by Crippen LogP contribution is 2.30. The first-order valence-electron chi connectivity index (χ1n) is 6.15. The second-order valence-corrected chi connectivity index (χ2v) is 6.60. The Bertz CT molecular complexity index is 616. The van der Waals surface area contributed by atoms with Gasteiger partial charge in [-0.3, -0.25) is 4.79 Å². The first-order chi connectivity index (χ1) is 9.70. The van der Waals surface area contributed by atoms with Gasteiger partial charge in [0.2, 0.25) is 5.91 Å². The van der Waals surface area contributed by atoms with Gasteiger partial charge in [-0.2, -0.15) is 13.2 Å². The normalized spacial score (nSPS) is 20.0. The van der Waals surface area contributed by atoms with Crippen LogP contribution in [0.5, 0.6) is 0 Å². The number of nitrogens with one attached hydrogen (secondary N) is 2. The van der Waals surface area contributed by atoms with E-state index in [9.17, 15) is 26.4 Å². The standard InChI is InChI=1S/C12H13F3N2O3S/c13-12(14,15)21(19,20)10-4-1-8(2-5-10)17-9-3-6-11(18)16-7-9/h1-2,4-5,9,17H,3,6-7H2,(H,16,18). The molecule has 0 bridgehead atoms. The van der Waals surface area contributed by atoms with Gasteiger partial charge in [0.25, 0.3) is 9.84 Å². The van der Waals surface area contributed by atoms with Crippen molar-refractivity contribution in [3.05, 3.63) is 24.3 Å². The number of rotatable bonds is 3. The van der Waals surface area contributed by atoms with Crippen molar-refractivity contribution < 1.29 is 26.4 Å². The molecule has 0 aliphatic carbocycles. The third-order valence-corrected chi connectivity index (χ3v) is 4.61. The van der Waals surface area contributed by atoms with E-state index in [1.54, 1.807) is 0 Å². The Morgan fingerprint density at radius 3 is 2.29 bits per heavy atom. The summed E-state index contributed by atoms with van der Waals surface area (Å²) >= 11 is 0. The molecule has 1 aromatic carbocycles. The Balaban J connectivity index is 2.08. The molecule has 1 fully saturated rings. The lowest BCUT2D eigenvalue weighted by Crippen LogP contribution is -2.41. The summed E-state index contributed by atoms with van der Waals surface area (Å²) in [7, 11) is -5.32. The Morgan fingerprint density at radius 1 is 1.19 bits per heavy atom. The highest BCUT2D eigenvalue weighted by atomic mass is 32.2. The van der Waals surface area contributed by atoms with E-state index in [1.165, 1.54) is 12.1 Å². The Morgan fingerprint density at radius 2 is 1.81 bits per heavy atom. The van der Waals surface area contributed by atoms with Crippen molar-refractivity contribution in [3.8, 4) is 0 Å². The molecule has 1 aliphatic heterocycles. The lowest BCUT2D eigenvalue weighted by atomic mass is 10.1. The highest BCUT2D eigenvalue weighted by Gasteiger charge is 2.46. The minimum Gasteiger partial charge on any atom is -0.381 e. The van der Waals surface area contributed by atoms with E-state index >= 15 is 0 Å². The molecular weight excluding hydrogens is 309 g/mol. The molecule has 116 valence electrons. The number of anilines is 1. The summed E-state index contributed by atoms with van der Waals surface area (Å²) in [5.41, 5.74) is -4.81. The maximum absolute atomic E-state index is 12.4. The summed E-state index contributed by atoms with van der Waals surface area (Å²) in [5, 5.41) is 5.69. The Hall–Kier alpha value is -1.77. The number of benzene rings is 1. The zero-order valence-corrected chi connectivity index (χ0v) is 11.6. The minimum absolute atomic E-state index is 0.0345. The van der Waals surface area contributed by atoms with E-state index in [4.69, 9.17) is 0 Å². The fraction of sp³-hybridized carbons (Fsp3) is 0.417. The lowest BCUT2D eigenvalue weighted by Gasteiger charge is -2.24. The van der Waals surface area contributed by atoms with Gasteiger partial charge in [0.1, 0.15) is 0 Å². The molecular formula is C12H13F3N2O3S. The summed E-state index contributed by atoms with van der Waals surface area (Å²) in [5.74, 6) is -0.0420. The molecule has 0 saturated carbocycles. The van der Waals surface area contributed by atoms with E-state index in [0.29, 0.717) is 25.1 Å². The Labute approximate surface area is 119 Å². The Kier molecular flexibility index (Phi) is 4.13. The van der Waals surface area contributed by atoms with Gasteiger partial charge < -0.3 is 10.6 Å². The summed E-state index contributed by atoms with van der Waals surface area (Å²) in [6.07, 6.45) is 0.979. The van der Waals surface area contributed by atoms with Gasteiger partial charge in [0, 0.05) is 24.7 Å². The summed E-state index contributed by atoms with van der Waals surface area (Å²) < 4.78 is 59.6. The molecule has 1 saturated heterocycles. The van der Waals surface area contributed by atoms with Crippen molar-refractivity contribution >= 4 is 21.4 Å². The van der Waals surface area contributed by atoms with E-state index in [1.807, 2.05) is 0 Å². The van der Waals surface area contributed by atoms with Gasteiger partial charge in [0.05, 0.1) is 4.90 Å². The number of carbonyl (C=O) groups is 1. The van der Waals surface area contributed by atoms with Crippen LogP contribution in [0, 0.1) is 0 Å². The fourth-order valence-corrected chi connectivity index (χ4v) is 2.72. The van der Waals surface area contributed by atoms with Crippen LogP contribution < -0.4 is 10.6 Å². The first-order valence-corrected chi connectivity index (χ1v) is 7.63. The molecule has 0 spiro atoms. The highest BCUT2D eigenvalue weighted by molar-refractivity contribution is 7.92. The van der Waals surface area contributed by atoms with E-state index in [-0.39, 0.29) is 11.9 Å². The molecule has 1 atom stereocenters. The van der Waals surface area contributed by atoms with Gasteiger partial charge in [-0.1, -0.05) is 0 Å². The van der Waals surface area contributed by atoms with Crippen molar-refractivity contribution in [1.82, 2.24) is 5.32 Å². The van der Waals surface area contributed by atoms with Gasteiger partial charge >= 0.3 is 5.51 Å². The molecule has 1 unspecified atom stereocenters. The summed E-state index contributed by atoms with van der Waals surface area (Å²) in [4.78, 5) is 10.2. The van der Waals surface area contributed by atoms with Crippen molar-refractivity contribution in [1.29, 1.82) is 0 Å². The number of carbonyl (C=O) groups excluding carboxylic acids is 1. The molecule has 2 N–H and O–H groups in total. The van der Waals surface area contributed by atoms with Crippen LogP contribution in [0.1, 0.15) is 12.8 Å². The average molecular weight is 322 g/mol. The van der Waals surface area contributed by atoms with E-state index in [0.717, 1.165) is 12.1 Å². The van der Waals surface area contributed by atoms with Crippen molar-refractivity contribution in [2.75, 3.05) is 11.9 Å². The topological polar surface area (TPSA) is 75.3 Å². The third kappa shape index (κ3) is 3.46. The largest absolute Gasteiger partial charge is 0.501 e. The molecule has 1 heterocycles. The number of amides is 1. The number of alkyl halides is 3. The molecule has 1 aromatic rings. The smallest absolute Gasteiger partial charge is 0.381 e. The van der Waals surface area contributed by atoms with Gasteiger partial charge in [-0.05, 0) is 30.7 Å². The second kappa shape index (κ2) is 5.55. The molecule has 21 heavy (non-hydrogen) atoms. The number of sulfone groups is 1. The van der Waals surface area contributed by atoms with Crippen LogP contribution in [-0.4, -0.2) is 32.4 Å². The second-order valence-electron chi connectivity index (χ2n) is 4.66. The zero-order chi connectivity index (χ0) is 15.7. The lowest BCUT2D eigenvalue weighted by molar-refractivity contribution is -0.122. The SMILES string of the molecule is O=C1CCC(Nc2ccc(S(=O)(=O)C(F)(F)F)cc2)CN1. The molecule has 9 heteroatoms. The van der Waals surface area contributed by atoms with Crippen LogP contribution in [0.25, 0.3) is 0 Å². The predicted octanol–water partition coefficient (Wildman–Crippen LogP) is 1.67. The monoisotopic (exact) mass is 322 g/mol. The zero-order valence-electron chi connectivity index (χ0n) is 10.8. The minimum atomic E-state index is -5.32. The molecule has 0 aromatic heterocycles. The molecule has 5 nitrogen and oxygen atoms in total. The van der Waals surface area contributed by atoms with Gasteiger partial charge in [-0.25, -0.2) is 8.42 Å². The summed E-state index contributed by atoms with van der Waals surface area (Å²) in [6.45, 7) is 0.418. The summed E-state index contributed by atoms with van der Waals surface area (Å²) in [6, 6.07) is 4.33. The van der Waals surface area contributed by atoms with Crippen molar-refractivity contribution in [2.45, 2.75) is 29.3 Å². The molecule has 2 rings (SSSR count).